The lowest BCUT2D eigenvalue weighted by Gasteiger charge is -2.21. The second kappa shape index (κ2) is 7.68. The molecule has 1 atom stereocenters. The van der Waals surface area contributed by atoms with Gasteiger partial charge in [0.1, 0.15) is 12.6 Å². The van der Waals surface area contributed by atoms with Gasteiger partial charge in [0.2, 0.25) is 11.8 Å². The van der Waals surface area contributed by atoms with Crippen LogP contribution in [0.1, 0.15) is 25.8 Å². The zero-order chi connectivity index (χ0) is 14.2. The van der Waals surface area contributed by atoms with E-state index in [1.165, 1.54) is 5.56 Å². The summed E-state index contributed by atoms with van der Waals surface area (Å²) < 4.78 is 11.1. The number of hydrogen-bond donors (Lipinski definition) is 0. The highest BCUT2D eigenvalue weighted by molar-refractivity contribution is 5.91. The van der Waals surface area contributed by atoms with Gasteiger partial charge in [-0.3, -0.25) is 0 Å². The van der Waals surface area contributed by atoms with Crippen LogP contribution in [0.3, 0.4) is 0 Å². The first-order valence-electron chi connectivity index (χ1n) is 7.24. The third-order valence-corrected chi connectivity index (χ3v) is 3.11. The number of aliphatic imine (C=N–C) groups is 2. The molecule has 4 heteroatoms. The summed E-state index contributed by atoms with van der Waals surface area (Å²) in [6.07, 6.45) is 1.85. The summed E-state index contributed by atoms with van der Waals surface area (Å²) in [5.41, 5.74) is 1.31. The van der Waals surface area contributed by atoms with E-state index in [0.29, 0.717) is 25.7 Å². The van der Waals surface area contributed by atoms with E-state index in [0.717, 1.165) is 18.7 Å². The highest BCUT2D eigenvalue weighted by atomic mass is 16.5. The Balaban J connectivity index is 2.00. The molecule has 108 valence electrons. The van der Waals surface area contributed by atoms with Crippen molar-refractivity contribution in [2.24, 2.45) is 9.98 Å². The van der Waals surface area contributed by atoms with Gasteiger partial charge < -0.3 is 9.47 Å². The molecule has 0 bridgehead atoms. The van der Waals surface area contributed by atoms with Gasteiger partial charge in [-0.1, -0.05) is 30.3 Å². The van der Waals surface area contributed by atoms with Crippen molar-refractivity contribution < 1.29 is 9.47 Å². The molecule has 0 aliphatic carbocycles. The number of rotatable bonds is 5. The summed E-state index contributed by atoms with van der Waals surface area (Å²) in [6, 6.07) is 10.4. The summed E-state index contributed by atoms with van der Waals surface area (Å²) in [5.74, 6) is 1.46. The Hall–Kier alpha value is -1.84. The van der Waals surface area contributed by atoms with Crippen LogP contribution in [-0.2, 0) is 15.9 Å². The molecule has 0 N–H and O–H groups in total. The van der Waals surface area contributed by atoms with Crippen LogP contribution < -0.4 is 0 Å². The lowest BCUT2D eigenvalue weighted by molar-refractivity contribution is 0.292. The topological polar surface area (TPSA) is 43.2 Å². The van der Waals surface area contributed by atoms with Crippen LogP contribution in [0.15, 0.2) is 40.3 Å². The highest BCUT2D eigenvalue weighted by Gasteiger charge is 2.22. The third kappa shape index (κ3) is 4.08. The van der Waals surface area contributed by atoms with Crippen LogP contribution >= 0.6 is 0 Å². The molecule has 0 spiro atoms. The molecule has 0 saturated heterocycles. The maximum absolute atomic E-state index is 5.60. The monoisotopic (exact) mass is 274 g/mol. The molecule has 4 nitrogen and oxygen atoms in total. The Labute approximate surface area is 120 Å². The van der Waals surface area contributed by atoms with E-state index in [1.807, 2.05) is 19.9 Å². The van der Waals surface area contributed by atoms with E-state index >= 15 is 0 Å². The molecule has 2 rings (SSSR count). The molecule has 0 unspecified atom stereocenters. The van der Waals surface area contributed by atoms with Crippen molar-refractivity contribution in [3.05, 3.63) is 35.9 Å². The average Bonchev–Trinajstić information content (AvgIpc) is 2.49. The normalized spacial score (nSPS) is 18.2. The van der Waals surface area contributed by atoms with Crippen molar-refractivity contribution in [2.75, 3.05) is 19.8 Å². The molecule has 20 heavy (non-hydrogen) atoms. The Morgan fingerprint density at radius 1 is 1.10 bits per heavy atom. The third-order valence-electron chi connectivity index (χ3n) is 3.11. The minimum absolute atomic E-state index is 0.0227. The van der Waals surface area contributed by atoms with Crippen LogP contribution in [0, 0.1) is 0 Å². The van der Waals surface area contributed by atoms with Gasteiger partial charge in [-0.25, -0.2) is 9.98 Å². The van der Waals surface area contributed by atoms with Gasteiger partial charge in [-0.05, 0) is 32.3 Å². The lowest BCUT2D eigenvalue weighted by Crippen LogP contribution is -2.30. The maximum Gasteiger partial charge on any atom is 0.209 e. The molecule has 1 aliphatic heterocycles. The zero-order valence-electron chi connectivity index (χ0n) is 12.2. The van der Waals surface area contributed by atoms with Gasteiger partial charge in [0, 0.05) is 0 Å². The van der Waals surface area contributed by atoms with Crippen molar-refractivity contribution in [1.29, 1.82) is 0 Å². The molecular formula is C16H22N2O2. The second-order valence-electron chi connectivity index (χ2n) is 4.58. The Kier molecular flexibility index (Phi) is 5.59. The number of benzene rings is 1. The largest absolute Gasteiger partial charge is 0.480 e. The molecule has 1 aromatic rings. The first-order chi connectivity index (χ1) is 9.83. The van der Waals surface area contributed by atoms with Gasteiger partial charge in [-0.15, -0.1) is 0 Å². The van der Waals surface area contributed by atoms with Crippen LogP contribution in [0.4, 0.5) is 0 Å². The predicted molar refractivity (Wildman–Crippen MR) is 81.5 cm³/mol. The van der Waals surface area contributed by atoms with Crippen molar-refractivity contribution >= 4 is 11.8 Å². The molecule has 1 heterocycles. The molecule has 1 aliphatic rings. The van der Waals surface area contributed by atoms with E-state index in [-0.39, 0.29) is 6.04 Å². The summed E-state index contributed by atoms with van der Waals surface area (Å²) >= 11 is 0. The minimum Gasteiger partial charge on any atom is -0.480 e. The summed E-state index contributed by atoms with van der Waals surface area (Å²) in [4.78, 5) is 9.08. The van der Waals surface area contributed by atoms with Crippen molar-refractivity contribution in [3.8, 4) is 0 Å². The van der Waals surface area contributed by atoms with Crippen LogP contribution in [0.5, 0.6) is 0 Å². The van der Waals surface area contributed by atoms with Crippen LogP contribution in [0.2, 0.25) is 0 Å². The first kappa shape index (κ1) is 14.6. The second-order valence-corrected chi connectivity index (χ2v) is 4.58. The molecule has 1 aromatic carbocycles. The predicted octanol–water partition coefficient (Wildman–Crippen LogP) is 2.87. The van der Waals surface area contributed by atoms with E-state index < -0.39 is 0 Å². The fourth-order valence-electron chi connectivity index (χ4n) is 2.20. The van der Waals surface area contributed by atoms with E-state index in [2.05, 4.69) is 34.3 Å². The Morgan fingerprint density at radius 2 is 1.85 bits per heavy atom. The standard InChI is InChI=1S/C16H22N2O2/c1-3-19-15-12-17-16(20-4-2)14(18-15)11-10-13-8-6-5-7-9-13/h5-9,14H,3-4,10-12H2,1-2H3/t14-/m0/s1. The molecule has 0 fully saturated rings. The molecule has 0 aromatic heterocycles. The van der Waals surface area contributed by atoms with E-state index in [1.54, 1.807) is 0 Å². The Morgan fingerprint density at radius 3 is 2.55 bits per heavy atom. The quantitative estimate of drug-likeness (QED) is 0.828. The molecule has 0 amide bonds. The molecule has 0 radical (unpaired) electrons. The number of hydrogen-bond acceptors (Lipinski definition) is 4. The van der Waals surface area contributed by atoms with E-state index in [9.17, 15) is 0 Å². The fraction of sp³-hybridized carbons (Fsp3) is 0.500. The fourth-order valence-corrected chi connectivity index (χ4v) is 2.20. The van der Waals surface area contributed by atoms with Crippen LogP contribution in [0.25, 0.3) is 0 Å². The van der Waals surface area contributed by atoms with Crippen molar-refractivity contribution in [1.82, 2.24) is 0 Å². The zero-order valence-corrected chi connectivity index (χ0v) is 12.2. The summed E-state index contributed by atoms with van der Waals surface area (Å²) in [6.45, 7) is 5.68. The summed E-state index contributed by atoms with van der Waals surface area (Å²) in [7, 11) is 0. The molecule has 0 saturated carbocycles. The van der Waals surface area contributed by atoms with Gasteiger partial charge in [-0.2, -0.15) is 0 Å². The Bertz CT molecular complexity index is 469. The van der Waals surface area contributed by atoms with Gasteiger partial charge in [0.05, 0.1) is 13.2 Å². The number of aryl methyl sites for hydroxylation is 1. The SMILES string of the molecule is CCOC1=N[C@@H](CCc2ccccc2)C(OCC)=NC1. The average molecular weight is 274 g/mol. The van der Waals surface area contributed by atoms with Crippen LogP contribution in [-0.4, -0.2) is 37.6 Å². The minimum atomic E-state index is -0.0227. The summed E-state index contributed by atoms with van der Waals surface area (Å²) in [5, 5.41) is 0. The number of ether oxygens (including phenoxy) is 2. The van der Waals surface area contributed by atoms with Crippen molar-refractivity contribution in [2.45, 2.75) is 32.7 Å². The number of nitrogens with zero attached hydrogens (tertiary/aromatic N) is 2. The maximum atomic E-state index is 5.60. The van der Waals surface area contributed by atoms with Gasteiger partial charge in [0.15, 0.2) is 0 Å². The smallest absolute Gasteiger partial charge is 0.209 e. The highest BCUT2D eigenvalue weighted by Crippen LogP contribution is 2.13. The van der Waals surface area contributed by atoms with Gasteiger partial charge in [0.25, 0.3) is 0 Å². The van der Waals surface area contributed by atoms with E-state index in [4.69, 9.17) is 9.47 Å². The van der Waals surface area contributed by atoms with Gasteiger partial charge >= 0.3 is 0 Å². The van der Waals surface area contributed by atoms with Crippen molar-refractivity contribution in [3.63, 3.8) is 0 Å². The lowest BCUT2D eigenvalue weighted by atomic mass is 10.0. The first-order valence-corrected chi connectivity index (χ1v) is 7.24. The molecular weight excluding hydrogens is 252 g/mol.